The lowest BCUT2D eigenvalue weighted by molar-refractivity contribution is 0.251. The number of ether oxygens (including phenoxy) is 1. The molecule has 0 atom stereocenters. The molecule has 1 N–H and O–H groups in total. The van der Waals surface area contributed by atoms with Crippen LogP contribution < -0.4 is 10.1 Å². The Bertz CT molecular complexity index is 250. The normalized spacial score (nSPS) is 17.1. The number of piperidine rings is 1. The van der Waals surface area contributed by atoms with E-state index in [2.05, 4.69) is 10.3 Å². The summed E-state index contributed by atoms with van der Waals surface area (Å²) in [6.07, 6.45) is 5.54. The number of nitrogens with one attached hydrogen (secondary N) is 1. The van der Waals surface area contributed by atoms with E-state index in [-0.39, 0.29) is 12.4 Å². The van der Waals surface area contributed by atoms with Gasteiger partial charge in [0.05, 0.1) is 6.61 Å². The van der Waals surface area contributed by atoms with Crippen molar-refractivity contribution in [3.05, 3.63) is 11.6 Å². The van der Waals surface area contributed by atoms with Crippen molar-refractivity contribution in [3.8, 4) is 5.19 Å². The van der Waals surface area contributed by atoms with Crippen LogP contribution in [-0.4, -0.2) is 24.7 Å². The Balaban J connectivity index is 0.00000112. The Morgan fingerprint density at radius 3 is 2.93 bits per heavy atom. The molecular weight excluding hydrogens is 232 g/mol. The van der Waals surface area contributed by atoms with Gasteiger partial charge in [-0.3, -0.25) is 0 Å². The molecule has 0 bridgehead atoms. The Morgan fingerprint density at radius 2 is 2.27 bits per heavy atom. The van der Waals surface area contributed by atoms with E-state index in [0.29, 0.717) is 0 Å². The van der Waals surface area contributed by atoms with Gasteiger partial charge in [0.1, 0.15) is 0 Å². The molecule has 0 aliphatic carbocycles. The first-order valence-electron chi connectivity index (χ1n) is 5.18. The molecular formula is C10H17ClN2OS. The van der Waals surface area contributed by atoms with Crippen molar-refractivity contribution >= 4 is 23.7 Å². The fourth-order valence-electron chi connectivity index (χ4n) is 1.76. The highest BCUT2D eigenvalue weighted by atomic mass is 35.5. The molecule has 1 aliphatic rings. The molecule has 1 saturated heterocycles. The maximum atomic E-state index is 5.54. The second kappa shape index (κ2) is 7.04. The van der Waals surface area contributed by atoms with Gasteiger partial charge >= 0.3 is 0 Å². The maximum Gasteiger partial charge on any atom is 0.273 e. The number of hydrogen-bond donors (Lipinski definition) is 1. The molecule has 0 aromatic carbocycles. The third-order valence-electron chi connectivity index (χ3n) is 2.62. The smallest absolute Gasteiger partial charge is 0.273 e. The standard InChI is InChI=1S/C10H16N2OS.ClH/c1-4-11-5-2-9(1)3-7-13-10-12-6-8-14-10;/h6,8-9,11H,1-5,7H2;1H. The molecule has 1 aliphatic heterocycles. The van der Waals surface area contributed by atoms with Gasteiger partial charge in [0, 0.05) is 11.6 Å². The Kier molecular flexibility index (Phi) is 5.98. The third kappa shape index (κ3) is 4.36. The highest BCUT2D eigenvalue weighted by molar-refractivity contribution is 7.11. The largest absolute Gasteiger partial charge is 0.470 e. The van der Waals surface area contributed by atoms with E-state index in [1.54, 1.807) is 17.5 Å². The molecule has 2 heterocycles. The Morgan fingerprint density at radius 1 is 1.47 bits per heavy atom. The van der Waals surface area contributed by atoms with E-state index in [1.165, 1.54) is 32.4 Å². The van der Waals surface area contributed by atoms with Crippen LogP contribution in [0.15, 0.2) is 11.6 Å². The summed E-state index contributed by atoms with van der Waals surface area (Å²) in [5.74, 6) is 0.844. The molecule has 1 fully saturated rings. The van der Waals surface area contributed by atoms with Crippen molar-refractivity contribution in [2.24, 2.45) is 5.92 Å². The lowest BCUT2D eigenvalue weighted by Crippen LogP contribution is -2.28. The van der Waals surface area contributed by atoms with Crippen molar-refractivity contribution in [1.82, 2.24) is 10.3 Å². The number of thiazole rings is 1. The van der Waals surface area contributed by atoms with Gasteiger partial charge in [-0.2, -0.15) is 0 Å². The topological polar surface area (TPSA) is 34.1 Å². The first kappa shape index (κ1) is 12.7. The zero-order chi connectivity index (χ0) is 9.64. The summed E-state index contributed by atoms with van der Waals surface area (Å²) < 4.78 is 5.54. The summed E-state index contributed by atoms with van der Waals surface area (Å²) in [7, 11) is 0. The number of hydrogen-bond acceptors (Lipinski definition) is 4. The van der Waals surface area contributed by atoms with Gasteiger partial charge in [-0.05, 0) is 38.3 Å². The van der Waals surface area contributed by atoms with Crippen molar-refractivity contribution in [1.29, 1.82) is 0 Å². The number of aromatic nitrogens is 1. The fourth-order valence-corrected chi connectivity index (χ4v) is 2.28. The highest BCUT2D eigenvalue weighted by Gasteiger charge is 2.12. The third-order valence-corrected chi connectivity index (χ3v) is 3.30. The van der Waals surface area contributed by atoms with Crippen LogP contribution in [0.1, 0.15) is 19.3 Å². The Hall–Kier alpha value is -0.320. The van der Waals surface area contributed by atoms with Crippen molar-refractivity contribution in [3.63, 3.8) is 0 Å². The zero-order valence-electron chi connectivity index (χ0n) is 8.65. The molecule has 1 aromatic heterocycles. The lowest BCUT2D eigenvalue weighted by Gasteiger charge is -2.21. The zero-order valence-corrected chi connectivity index (χ0v) is 10.3. The molecule has 0 saturated carbocycles. The van der Waals surface area contributed by atoms with Crippen LogP contribution >= 0.6 is 23.7 Å². The maximum absolute atomic E-state index is 5.54. The van der Waals surface area contributed by atoms with Gasteiger partial charge in [0.25, 0.3) is 5.19 Å². The fraction of sp³-hybridized carbons (Fsp3) is 0.700. The lowest BCUT2D eigenvalue weighted by atomic mass is 9.95. The van der Waals surface area contributed by atoms with E-state index in [4.69, 9.17) is 4.74 Å². The summed E-state index contributed by atoms with van der Waals surface area (Å²) in [5.41, 5.74) is 0. The molecule has 0 radical (unpaired) electrons. The molecule has 1 aromatic rings. The molecule has 5 heteroatoms. The van der Waals surface area contributed by atoms with Gasteiger partial charge in [-0.25, -0.2) is 4.98 Å². The first-order chi connectivity index (χ1) is 6.95. The van der Waals surface area contributed by atoms with Crippen LogP contribution in [0.2, 0.25) is 0 Å². The quantitative estimate of drug-likeness (QED) is 0.888. The van der Waals surface area contributed by atoms with E-state index < -0.39 is 0 Å². The Labute approximate surface area is 101 Å². The second-order valence-electron chi connectivity index (χ2n) is 3.63. The van der Waals surface area contributed by atoms with Crippen LogP contribution in [0.4, 0.5) is 0 Å². The van der Waals surface area contributed by atoms with Gasteiger partial charge in [-0.1, -0.05) is 11.3 Å². The van der Waals surface area contributed by atoms with Gasteiger partial charge in [0.15, 0.2) is 0 Å². The van der Waals surface area contributed by atoms with E-state index in [1.807, 2.05) is 5.38 Å². The first-order valence-corrected chi connectivity index (χ1v) is 6.06. The molecule has 2 rings (SSSR count). The summed E-state index contributed by atoms with van der Waals surface area (Å²) in [6, 6.07) is 0. The van der Waals surface area contributed by atoms with Crippen LogP contribution in [0.25, 0.3) is 0 Å². The predicted molar refractivity (Wildman–Crippen MR) is 65.1 cm³/mol. The van der Waals surface area contributed by atoms with Crippen LogP contribution in [0, 0.1) is 5.92 Å². The van der Waals surface area contributed by atoms with Gasteiger partial charge in [-0.15, -0.1) is 12.4 Å². The predicted octanol–water partition coefficient (Wildman–Crippen LogP) is 2.33. The molecule has 0 unspecified atom stereocenters. The second-order valence-corrected chi connectivity index (χ2v) is 4.49. The van der Waals surface area contributed by atoms with E-state index in [9.17, 15) is 0 Å². The van der Waals surface area contributed by atoms with Gasteiger partial charge < -0.3 is 10.1 Å². The number of nitrogens with zero attached hydrogens (tertiary/aromatic N) is 1. The minimum atomic E-state index is 0. The SMILES string of the molecule is Cl.c1csc(OCCC2CCNCC2)n1. The minimum absolute atomic E-state index is 0. The van der Waals surface area contributed by atoms with Crippen molar-refractivity contribution < 1.29 is 4.74 Å². The average Bonchev–Trinajstić information content (AvgIpc) is 2.72. The molecule has 0 spiro atoms. The van der Waals surface area contributed by atoms with Crippen LogP contribution in [-0.2, 0) is 0 Å². The number of halogens is 1. The van der Waals surface area contributed by atoms with Crippen molar-refractivity contribution in [2.75, 3.05) is 19.7 Å². The summed E-state index contributed by atoms with van der Waals surface area (Å²) in [5, 5.41) is 6.12. The minimum Gasteiger partial charge on any atom is -0.470 e. The average molecular weight is 249 g/mol. The molecule has 3 nitrogen and oxygen atoms in total. The van der Waals surface area contributed by atoms with Crippen LogP contribution in [0.3, 0.4) is 0 Å². The van der Waals surface area contributed by atoms with Crippen LogP contribution in [0.5, 0.6) is 5.19 Å². The summed E-state index contributed by atoms with van der Waals surface area (Å²) >= 11 is 1.56. The summed E-state index contributed by atoms with van der Waals surface area (Å²) in [4.78, 5) is 4.08. The monoisotopic (exact) mass is 248 g/mol. The highest BCUT2D eigenvalue weighted by Crippen LogP contribution is 2.18. The van der Waals surface area contributed by atoms with E-state index >= 15 is 0 Å². The van der Waals surface area contributed by atoms with Gasteiger partial charge in [0.2, 0.25) is 0 Å². The van der Waals surface area contributed by atoms with Crippen molar-refractivity contribution in [2.45, 2.75) is 19.3 Å². The molecule has 86 valence electrons. The molecule has 0 amide bonds. The van der Waals surface area contributed by atoms with E-state index in [0.717, 1.165) is 17.7 Å². The molecule has 15 heavy (non-hydrogen) atoms. The summed E-state index contributed by atoms with van der Waals surface area (Å²) in [6.45, 7) is 3.15. The number of rotatable bonds is 4.